The highest BCUT2D eigenvalue weighted by Gasteiger charge is 2.31. The van der Waals surface area contributed by atoms with Crippen LogP contribution in [-0.4, -0.2) is 9.13 Å². The summed E-state index contributed by atoms with van der Waals surface area (Å²) < 4.78 is 47.6. The highest BCUT2D eigenvalue weighted by Crippen LogP contribution is 2.43. The molecule has 0 N–H and O–H groups in total. The van der Waals surface area contributed by atoms with Gasteiger partial charge < -0.3 is 9.13 Å². The van der Waals surface area contributed by atoms with Gasteiger partial charge in [0.05, 0.1) is 44.6 Å². The first-order valence-electron chi connectivity index (χ1n) is 14.4. The Labute approximate surface area is 258 Å². The van der Waals surface area contributed by atoms with Gasteiger partial charge in [0.2, 0.25) is 0 Å². The zero-order chi connectivity index (χ0) is 30.4. The molecule has 0 unspecified atom stereocenters. The topological polar surface area (TPSA) is 14.2 Å². The van der Waals surface area contributed by atoms with E-state index in [1.54, 1.807) is 17.4 Å². The summed E-state index contributed by atoms with van der Waals surface area (Å²) in [5, 5.41) is 5.69. The van der Waals surface area contributed by atoms with E-state index in [1.807, 2.05) is 66.7 Å². The normalized spacial score (nSPS) is 12.3. The Morgan fingerprint density at radius 2 is 1.20 bits per heavy atom. The molecule has 0 radical (unpaired) electrons. The molecule has 0 spiro atoms. The molecule has 0 saturated heterocycles. The van der Waals surface area contributed by atoms with Crippen molar-refractivity contribution in [3.8, 4) is 11.4 Å². The van der Waals surface area contributed by atoms with Crippen LogP contribution in [0.15, 0.2) is 121 Å². The minimum atomic E-state index is -4.42. The summed E-state index contributed by atoms with van der Waals surface area (Å²) in [6.45, 7) is 7.51. The number of rotatable bonds is 2. The maximum Gasteiger partial charge on any atom is 0.416 e. The van der Waals surface area contributed by atoms with Crippen LogP contribution in [0.25, 0.3) is 80.0 Å². The van der Waals surface area contributed by atoms with Crippen LogP contribution in [0.4, 0.5) is 18.9 Å². The fourth-order valence-corrected chi connectivity index (χ4v) is 7.99. The van der Waals surface area contributed by atoms with Crippen molar-refractivity contribution in [2.24, 2.45) is 0 Å². The largest absolute Gasteiger partial charge is 0.416 e. The van der Waals surface area contributed by atoms with Gasteiger partial charge in [-0.3, -0.25) is 0 Å². The molecule has 45 heavy (non-hydrogen) atoms. The number of hydrogen-bond donors (Lipinski definition) is 0. The first kappa shape index (κ1) is 25.9. The highest BCUT2D eigenvalue weighted by atomic mass is 32.1. The number of fused-ring (bicyclic) bond motifs is 9. The summed E-state index contributed by atoms with van der Waals surface area (Å²) in [5.41, 5.74) is 5.61. The maximum absolute atomic E-state index is 13.7. The molecule has 9 rings (SSSR count). The average molecular weight is 608 g/mol. The molecular weight excluding hydrogens is 588 g/mol. The Hall–Kier alpha value is -5.58. The third-order valence-electron chi connectivity index (χ3n) is 8.74. The molecule has 0 aliphatic rings. The van der Waals surface area contributed by atoms with E-state index in [0.29, 0.717) is 11.1 Å². The Kier molecular flexibility index (Phi) is 5.30. The molecule has 0 atom stereocenters. The van der Waals surface area contributed by atoms with E-state index in [0.717, 1.165) is 69.8 Å². The third kappa shape index (κ3) is 3.70. The number of aromatic nitrogens is 2. The number of alkyl halides is 3. The molecule has 3 nitrogen and oxygen atoms in total. The van der Waals surface area contributed by atoms with Gasteiger partial charge in [-0.1, -0.05) is 54.6 Å². The number of hydrogen-bond acceptors (Lipinski definition) is 1. The van der Waals surface area contributed by atoms with E-state index in [4.69, 9.17) is 6.57 Å². The van der Waals surface area contributed by atoms with Crippen molar-refractivity contribution < 1.29 is 13.2 Å². The zero-order valence-electron chi connectivity index (χ0n) is 23.4. The molecule has 0 saturated carbocycles. The van der Waals surface area contributed by atoms with Crippen LogP contribution in [0, 0.1) is 6.57 Å². The first-order valence-corrected chi connectivity index (χ1v) is 15.2. The van der Waals surface area contributed by atoms with Gasteiger partial charge in [-0.05, 0) is 72.1 Å². The smallest absolute Gasteiger partial charge is 0.309 e. The van der Waals surface area contributed by atoms with Crippen molar-refractivity contribution in [2.75, 3.05) is 0 Å². The SMILES string of the molecule is [C-]#[N+]c1ccc2c(c1)c1ccccc1n2-c1ccc2sc3c(-n4c5ccccc5c5cc(C(F)(F)F)ccc54)cccc3c2c1. The lowest BCUT2D eigenvalue weighted by molar-refractivity contribution is -0.137. The van der Waals surface area contributed by atoms with E-state index in [2.05, 4.69) is 50.4 Å². The predicted octanol–water partition coefficient (Wildman–Crippen LogP) is 11.8. The number of nitrogens with zero attached hydrogens (tertiary/aromatic N) is 3. The first-order chi connectivity index (χ1) is 21.9. The summed E-state index contributed by atoms with van der Waals surface area (Å²) >= 11 is 1.69. The lowest BCUT2D eigenvalue weighted by atomic mass is 10.1. The molecule has 0 bridgehead atoms. The van der Waals surface area contributed by atoms with E-state index in [-0.39, 0.29) is 0 Å². The van der Waals surface area contributed by atoms with Gasteiger partial charge in [0.15, 0.2) is 5.69 Å². The van der Waals surface area contributed by atoms with Gasteiger partial charge in [0, 0.05) is 37.3 Å². The molecule has 0 amide bonds. The number of para-hydroxylation sites is 2. The van der Waals surface area contributed by atoms with Gasteiger partial charge in [0.1, 0.15) is 0 Å². The van der Waals surface area contributed by atoms with Gasteiger partial charge in [-0.2, -0.15) is 13.2 Å². The van der Waals surface area contributed by atoms with Gasteiger partial charge in [-0.15, -0.1) is 11.3 Å². The van der Waals surface area contributed by atoms with Crippen molar-refractivity contribution in [1.82, 2.24) is 9.13 Å². The summed E-state index contributed by atoms with van der Waals surface area (Å²) in [6.07, 6.45) is -4.42. The second-order valence-corrected chi connectivity index (χ2v) is 12.2. The molecule has 0 aliphatic heterocycles. The molecule has 3 aromatic heterocycles. The molecule has 0 aliphatic carbocycles. The van der Waals surface area contributed by atoms with Crippen molar-refractivity contribution in [1.29, 1.82) is 0 Å². The van der Waals surface area contributed by atoms with Crippen molar-refractivity contribution in [2.45, 2.75) is 6.18 Å². The zero-order valence-corrected chi connectivity index (χ0v) is 24.2. The Bertz CT molecular complexity index is 2720. The fraction of sp³-hybridized carbons (Fsp3) is 0.0263. The van der Waals surface area contributed by atoms with Crippen LogP contribution in [0.2, 0.25) is 0 Å². The molecule has 7 heteroatoms. The van der Waals surface area contributed by atoms with Crippen LogP contribution < -0.4 is 0 Å². The third-order valence-corrected chi connectivity index (χ3v) is 9.95. The predicted molar refractivity (Wildman–Crippen MR) is 179 cm³/mol. The highest BCUT2D eigenvalue weighted by molar-refractivity contribution is 7.26. The molecular formula is C38H20F3N3S. The monoisotopic (exact) mass is 607 g/mol. The number of thiophene rings is 1. The van der Waals surface area contributed by atoms with Crippen LogP contribution in [0.3, 0.4) is 0 Å². The summed E-state index contributed by atoms with van der Waals surface area (Å²) in [5.74, 6) is 0. The van der Waals surface area contributed by atoms with Crippen molar-refractivity contribution in [3.63, 3.8) is 0 Å². The molecule has 6 aromatic carbocycles. The maximum atomic E-state index is 13.7. The lowest BCUT2D eigenvalue weighted by Gasteiger charge is -2.10. The number of halogens is 3. The molecule has 3 heterocycles. The second kappa shape index (κ2) is 9.21. The van der Waals surface area contributed by atoms with Gasteiger partial charge in [0.25, 0.3) is 0 Å². The standard InChI is InChI=1S/C38H20F3N3S/c1-42-23-14-17-33-29(20-23)26-8-2-4-10-31(26)43(33)24-15-18-36-30(21-24)27-9-6-12-35(37(27)45-36)44-32-11-5-3-7-25(32)28-19-22(38(39,40)41)13-16-34(28)44/h2-21H. The van der Waals surface area contributed by atoms with Gasteiger partial charge in [-0.25, -0.2) is 4.85 Å². The molecule has 0 fully saturated rings. The Balaban J connectivity index is 1.30. The van der Waals surface area contributed by atoms with Crippen LogP contribution >= 0.6 is 11.3 Å². The minimum Gasteiger partial charge on any atom is -0.309 e. The van der Waals surface area contributed by atoms with Crippen LogP contribution in [0.1, 0.15) is 5.56 Å². The summed E-state index contributed by atoms with van der Waals surface area (Å²) in [7, 11) is 0. The summed E-state index contributed by atoms with van der Waals surface area (Å²) in [6, 6.07) is 38.4. The molecule has 214 valence electrons. The summed E-state index contributed by atoms with van der Waals surface area (Å²) in [4.78, 5) is 3.65. The van der Waals surface area contributed by atoms with Crippen LogP contribution in [0.5, 0.6) is 0 Å². The Morgan fingerprint density at radius 3 is 1.96 bits per heavy atom. The van der Waals surface area contributed by atoms with Crippen molar-refractivity contribution in [3.05, 3.63) is 138 Å². The number of benzene rings is 6. The van der Waals surface area contributed by atoms with E-state index >= 15 is 0 Å². The van der Waals surface area contributed by atoms with Crippen molar-refractivity contribution >= 4 is 80.8 Å². The fourth-order valence-electron chi connectivity index (χ4n) is 6.80. The van der Waals surface area contributed by atoms with E-state index in [9.17, 15) is 13.2 Å². The molecule has 9 aromatic rings. The average Bonchev–Trinajstić information content (AvgIpc) is 3.71. The van der Waals surface area contributed by atoms with Crippen LogP contribution in [-0.2, 0) is 6.18 Å². The quantitative estimate of drug-likeness (QED) is 0.174. The lowest BCUT2D eigenvalue weighted by Crippen LogP contribution is -2.04. The minimum absolute atomic E-state index is 0.577. The van der Waals surface area contributed by atoms with Gasteiger partial charge >= 0.3 is 6.18 Å². The second-order valence-electron chi connectivity index (χ2n) is 11.2. The Morgan fingerprint density at radius 1 is 0.556 bits per heavy atom. The van der Waals surface area contributed by atoms with E-state index in [1.165, 1.54) is 12.1 Å². The van der Waals surface area contributed by atoms with E-state index < -0.39 is 11.7 Å².